The lowest BCUT2D eigenvalue weighted by molar-refractivity contribution is 0.632. The topological polar surface area (TPSA) is 56.7 Å². The maximum atomic E-state index is 6.22. The van der Waals surface area contributed by atoms with E-state index < -0.39 is 0 Å². The second-order valence-electron chi connectivity index (χ2n) is 6.35. The third-order valence-corrected chi connectivity index (χ3v) is 6.33. The van der Waals surface area contributed by atoms with E-state index in [1.807, 2.05) is 26.0 Å². The second-order valence-corrected chi connectivity index (χ2v) is 8.33. The van der Waals surface area contributed by atoms with Gasteiger partial charge in [0.2, 0.25) is 0 Å². The molecule has 2 heterocycles. The molecule has 0 saturated carbocycles. The van der Waals surface area contributed by atoms with Gasteiger partial charge in [0.25, 0.3) is 0 Å². The number of fused-ring (bicyclic) bond motifs is 1. The molecule has 0 aliphatic rings. The zero-order chi connectivity index (χ0) is 18.8. The van der Waals surface area contributed by atoms with E-state index in [1.54, 1.807) is 17.8 Å². The van der Waals surface area contributed by atoms with Crippen LogP contribution in [0.1, 0.15) is 29.9 Å². The monoisotopic (exact) mass is 408 g/mol. The van der Waals surface area contributed by atoms with Crippen molar-refractivity contribution in [3.8, 4) is 0 Å². The van der Waals surface area contributed by atoms with Crippen molar-refractivity contribution in [3.63, 3.8) is 0 Å². The van der Waals surface area contributed by atoms with Gasteiger partial charge >= 0.3 is 0 Å². The number of thioether (sulfide) groups is 1. The van der Waals surface area contributed by atoms with Crippen LogP contribution >= 0.6 is 35.0 Å². The fraction of sp³-hybridized carbons (Fsp3) is 0.368. The molecule has 3 rings (SSSR count). The molecule has 0 unspecified atom stereocenters. The van der Waals surface area contributed by atoms with Gasteiger partial charge in [0, 0.05) is 22.2 Å². The number of nitrogens with two attached hydrogens (primary N) is 1. The fourth-order valence-corrected chi connectivity index (χ4v) is 4.53. The van der Waals surface area contributed by atoms with E-state index in [2.05, 4.69) is 21.5 Å². The number of hydrogen-bond acceptors (Lipinski definition) is 4. The summed E-state index contributed by atoms with van der Waals surface area (Å²) in [6.07, 6.45) is 2.15. The Morgan fingerprint density at radius 3 is 2.62 bits per heavy atom. The molecule has 0 atom stereocenters. The quantitative estimate of drug-likeness (QED) is 0.412. The largest absolute Gasteiger partial charge is 0.382 e. The van der Waals surface area contributed by atoms with Gasteiger partial charge in [-0.25, -0.2) is 9.97 Å². The summed E-state index contributed by atoms with van der Waals surface area (Å²) in [7, 11) is 0. The zero-order valence-corrected chi connectivity index (χ0v) is 17.5. The number of halogens is 2. The highest BCUT2D eigenvalue weighted by Crippen LogP contribution is 2.30. The molecule has 0 saturated heterocycles. The van der Waals surface area contributed by atoms with E-state index in [9.17, 15) is 0 Å². The van der Waals surface area contributed by atoms with Gasteiger partial charge in [-0.3, -0.25) is 0 Å². The number of anilines is 1. The highest BCUT2D eigenvalue weighted by atomic mass is 35.5. The van der Waals surface area contributed by atoms with E-state index in [0.29, 0.717) is 15.9 Å². The molecule has 0 fully saturated rings. The van der Waals surface area contributed by atoms with Gasteiger partial charge in [-0.15, -0.1) is 11.8 Å². The average molecular weight is 409 g/mol. The first-order valence-electron chi connectivity index (χ1n) is 8.56. The fourth-order valence-electron chi connectivity index (χ4n) is 3.03. The summed E-state index contributed by atoms with van der Waals surface area (Å²) >= 11 is 13.9. The number of aromatic nitrogens is 3. The molecule has 0 aliphatic carbocycles. The van der Waals surface area contributed by atoms with E-state index in [1.165, 1.54) is 0 Å². The van der Waals surface area contributed by atoms with Crippen LogP contribution in [0.5, 0.6) is 0 Å². The maximum Gasteiger partial charge on any atom is 0.151 e. The Morgan fingerprint density at radius 1 is 1.12 bits per heavy atom. The minimum atomic E-state index is 0.512. The van der Waals surface area contributed by atoms with Crippen molar-refractivity contribution in [3.05, 3.63) is 45.3 Å². The van der Waals surface area contributed by atoms with E-state index in [0.717, 1.165) is 58.1 Å². The van der Waals surface area contributed by atoms with Gasteiger partial charge in [-0.05, 0) is 63.1 Å². The molecule has 0 spiro atoms. The predicted octanol–water partition coefficient (Wildman–Crippen LogP) is 5.82. The van der Waals surface area contributed by atoms with Crippen LogP contribution in [0.4, 0.5) is 5.82 Å². The lowest BCUT2D eigenvalue weighted by atomic mass is 10.2. The molecule has 1 aromatic carbocycles. The van der Waals surface area contributed by atoms with Crippen molar-refractivity contribution >= 4 is 51.8 Å². The molecule has 138 valence electrons. The zero-order valence-electron chi connectivity index (χ0n) is 15.1. The molecule has 7 heteroatoms. The van der Waals surface area contributed by atoms with Crippen molar-refractivity contribution < 1.29 is 0 Å². The number of pyridine rings is 1. The van der Waals surface area contributed by atoms with E-state index in [4.69, 9.17) is 28.9 Å². The molecule has 0 amide bonds. The lowest BCUT2D eigenvalue weighted by Gasteiger charge is -2.10. The maximum absolute atomic E-state index is 6.22. The molecular formula is C19H22Cl2N4S. The van der Waals surface area contributed by atoms with Crippen molar-refractivity contribution in [2.24, 2.45) is 0 Å². The van der Waals surface area contributed by atoms with Crippen LogP contribution < -0.4 is 5.73 Å². The second kappa shape index (κ2) is 8.07. The highest BCUT2D eigenvalue weighted by Gasteiger charge is 2.15. The number of benzene rings is 1. The van der Waals surface area contributed by atoms with Crippen molar-refractivity contribution in [2.45, 2.75) is 45.1 Å². The van der Waals surface area contributed by atoms with Crippen molar-refractivity contribution in [2.75, 3.05) is 11.5 Å². The molecular weight excluding hydrogens is 387 g/mol. The van der Waals surface area contributed by atoms with Crippen molar-refractivity contribution in [1.29, 1.82) is 0 Å². The summed E-state index contributed by atoms with van der Waals surface area (Å²) in [6, 6.07) is 5.64. The smallest absolute Gasteiger partial charge is 0.151 e. The molecule has 0 aliphatic heterocycles. The first kappa shape index (κ1) is 19.3. The molecule has 2 aromatic heterocycles. The summed E-state index contributed by atoms with van der Waals surface area (Å²) in [4.78, 5) is 10.1. The Hall–Kier alpha value is -1.43. The SMILES string of the molecule is Cc1nc(N)c2nc(C)n(CCCCSc3ccc(Cl)cc3Cl)c2c1C. The van der Waals surface area contributed by atoms with E-state index in [-0.39, 0.29) is 0 Å². The van der Waals surface area contributed by atoms with Crippen LogP contribution in [-0.2, 0) is 6.54 Å². The summed E-state index contributed by atoms with van der Waals surface area (Å²) < 4.78 is 2.26. The van der Waals surface area contributed by atoms with Crippen LogP contribution in [0.3, 0.4) is 0 Å². The van der Waals surface area contributed by atoms with Gasteiger partial charge in [0.05, 0.1) is 10.5 Å². The Kier molecular flexibility index (Phi) is 6.00. The minimum absolute atomic E-state index is 0.512. The summed E-state index contributed by atoms with van der Waals surface area (Å²) in [5, 5.41) is 1.38. The minimum Gasteiger partial charge on any atom is -0.382 e. The number of nitrogens with zero attached hydrogens (tertiary/aromatic N) is 3. The Balaban J connectivity index is 1.64. The van der Waals surface area contributed by atoms with Crippen molar-refractivity contribution in [1.82, 2.24) is 14.5 Å². The first-order chi connectivity index (χ1) is 12.4. The molecule has 4 nitrogen and oxygen atoms in total. The predicted molar refractivity (Wildman–Crippen MR) is 113 cm³/mol. The number of nitrogen functional groups attached to an aromatic ring is 1. The van der Waals surface area contributed by atoms with Crippen LogP contribution in [0.25, 0.3) is 11.0 Å². The average Bonchev–Trinajstić information content (AvgIpc) is 2.91. The van der Waals surface area contributed by atoms with Gasteiger partial charge in [0.1, 0.15) is 11.3 Å². The summed E-state index contributed by atoms with van der Waals surface area (Å²) in [5.74, 6) is 2.50. The first-order valence-corrected chi connectivity index (χ1v) is 10.3. The van der Waals surface area contributed by atoms with Gasteiger partial charge in [0.15, 0.2) is 5.82 Å². The third kappa shape index (κ3) is 3.95. The third-order valence-electron chi connectivity index (χ3n) is 4.51. The van der Waals surface area contributed by atoms with Gasteiger partial charge in [-0.2, -0.15) is 0 Å². The molecule has 3 aromatic rings. The normalized spacial score (nSPS) is 11.4. The van der Waals surface area contributed by atoms with Gasteiger partial charge in [-0.1, -0.05) is 23.2 Å². The van der Waals surface area contributed by atoms with Crippen LogP contribution in [0.2, 0.25) is 10.0 Å². The van der Waals surface area contributed by atoms with Crippen LogP contribution in [-0.4, -0.2) is 20.3 Å². The molecule has 0 bridgehead atoms. The lowest BCUT2D eigenvalue weighted by Crippen LogP contribution is -2.04. The Morgan fingerprint density at radius 2 is 1.88 bits per heavy atom. The van der Waals surface area contributed by atoms with Gasteiger partial charge < -0.3 is 10.3 Å². The molecule has 0 radical (unpaired) electrons. The van der Waals surface area contributed by atoms with E-state index >= 15 is 0 Å². The Bertz CT molecular complexity index is 953. The van der Waals surface area contributed by atoms with Crippen LogP contribution in [0, 0.1) is 20.8 Å². The number of rotatable bonds is 6. The highest BCUT2D eigenvalue weighted by molar-refractivity contribution is 7.99. The molecule has 26 heavy (non-hydrogen) atoms. The number of unbranched alkanes of at least 4 members (excludes halogenated alkanes) is 1. The van der Waals surface area contributed by atoms with Crippen LogP contribution in [0.15, 0.2) is 23.1 Å². The summed E-state index contributed by atoms with van der Waals surface area (Å²) in [6.45, 7) is 7.02. The standard InChI is InChI=1S/C19H22Cl2N4S/c1-11-12(2)23-19(22)17-18(11)25(13(3)24-17)8-4-5-9-26-16-7-6-14(20)10-15(16)21/h6-7,10H,4-5,8-9H2,1-3H3,(H2,22,23). The number of aryl methyl sites for hydroxylation is 4. The molecule has 2 N–H and O–H groups in total. The summed E-state index contributed by atoms with van der Waals surface area (Å²) in [5.41, 5.74) is 10.1. The number of imidazole rings is 1. The Labute approximate surface area is 168 Å². The number of hydrogen-bond donors (Lipinski definition) is 1.